The molecule has 1 unspecified atom stereocenters. The molecule has 5 heteroatoms. The van der Waals surface area contributed by atoms with Gasteiger partial charge in [-0.15, -0.1) is 0 Å². The molecule has 1 heterocycles. The predicted octanol–water partition coefficient (Wildman–Crippen LogP) is 2.24. The molecule has 0 bridgehead atoms. The minimum absolute atomic E-state index is 0.304. The Morgan fingerprint density at radius 2 is 2.43 bits per heavy atom. The highest BCUT2D eigenvalue weighted by Gasteiger charge is 2.06. The third-order valence-corrected chi connectivity index (χ3v) is 2.17. The van der Waals surface area contributed by atoms with Gasteiger partial charge in [-0.25, -0.2) is 9.97 Å². The van der Waals surface area contributed by atoms with Gasteiger partial charge in [0.15, 0.2) is 11.6 Å². The molecule has 1 atom stereocenters. The Hall–Kier alpha value is -0.840. The van der Waals surface area contributed by atoms with Crippen molar-refractivity contribution in [2.75, 3.05) is 11.1 Å². The number of nitrogens with one attached hydrogen (secondary N) is 1. The fraction of sp³-hybridized carbons (Fsp3) is 0.444. The number of aromatic nitrogens is 2. The Morgan fingerprint density at radius 1 is 1.71 bits per heavy atom. The third kappa shape index (κ3) is 3.14. The Bertz CT molecular complexity index is 303. The summed E-state index contributed by atoms with van der Waals surface area (Å²) in [5.41, 5.74) is 5.66. The van der Waals surface area contributed by atoms with E-state index in [9.17, 15) is 0 Å². The Balaban J connectivity index is 2.70. The molecule has 0 saturated carbocycles. The van der Waals surface area contributed by atoms with Crippen molar-refractivity contribution in [3.8, 4) is 0 Å². The highest BCUT2D eigenvalue weighted by molar-refractivity contribution is 9.10. The lowest BCUT2D eigenvalue weighted by molar-refractivity contribution is 0.713. The lowest BCUT2D eigenvalue weighted by Crippen LogP contribution is -2.17. The van der Waals surface area contributed by atoms with Crippen molar-refractivity contribution in [1.29, 1.82) is 0 Å². The van der Waals surface area contributed by atoms with Gasteiger partial charge in [0.25, 0.3) is 0 Å². The van der Waals surface area contributed by atoms with Crippen LogP contribution < -0.4 is 11.1 Å². The molecule has 0 saturated heterocycles. The molecule has 0 spiro atoms. The summed E-state index contributed by atoms with van der Waals surface area (Å²) in [5.74, 6) is 1.05. The van der Waals surface area contributed by atoms with Crippen LogP contribution in [0.1, 0.15) is 19.8 Å². The molecule has 1 aromatic heterocycles. The third-order valence-electron chi connectivity index (χ3n) is 1.79. The zero-order valence-electron chi connectivity index (χ0n) is 8.13. The highest BCUT2D eigenvalue weighted by atomic mass is 79.9. The van der Waals surface area contributed by atoms with Crippen LogP contribution in [0.25, 0.3) is 0 Å². The molecule has 0 amide bonds. The number of rotatable bonds is 4. The van der Waals surface area contributed by atoms with Gasteiger partial charge < -0.3 is 11.1 Å². The molecule has 4 nitrogen and oxygen atoms in total. The molecular formula is C9H14BrN4. The van der Waals surface area contributed by atoms with Gasteiger partial charge >= 0.3 is 0 Å². The van der Waals surface area contributed by atoms with Gasteiger partial charge in [0, 0.05) is 6.04 Å². The molecule has 1 radical (unpaired) electrons. The smallest absolute Gasteiger partial charge is 0.170 e. The minimum Gasteiger partial charge on any atom is -0.381 e. The van der Waals surface area contributed by atoms with Gasteiger partial charge in [-0.3, -0.25) is 0 Å². The molecule has 1 rings (SSSR count). The Morgan fingerprint density at radius 3 is 3.07 bits per heavy atom. The lowest BCUT2D eigenvalue weighted by Gasteiger charge is -2.14. The van der Waals surface area contributed by atoms with E-state index in [1.54, 1.807) is 6.20 Å². The SMILES string of the molecule is [CH2]CCC(C)Nc1nc(Br)cnc1N. The number of hydrogen-bond acceptors (Lipinski definition) is 4. The van der Waals surface area contributed by atoms with E-state index in [1.807, 2.05) is 0 Å². The molecule has 0 aromatic carbocycles. The number of halogens is 1. The number of nitrogens with zero attached hydrogens (tertiary/aromatic N) is 2. The summed E-state index contributed by atoms with van der Waals surface area (Å²) in [6.07, 6.45) is 3.44. The maximum absolute atomic E-state index is 5.66. The first-order chi connectivity index (χ1) is 6.63. The van der Waals surface area contributed by atoms with Crippen LogP contribution >= 0.6 is 15.9 Å². The maximum atomic E-state index is 5.66. The van der Waals surface area contributed by atoms with Crippen molar-refractivity contribution in [2.45, 2.75) is 25.8 Å². The average molecular weight is 258 g/mol. The van der Waals surface area contributed by atoms with Crippen LogP contribution in [0.5, 0.6) is 0 Å². The van der Waals surface area contributed by atoms with Gasteiger partial charge in [-0.2, -0.15) is 0 Å². The summed E-state index contributed by atoms with van der Waals surface area (Å²) in [6, 6.07) is 0.304. The zero-order chi connectivity index (χ0) is 10.6. The van der Waals surface area contributed by atoms with E-state index >= 15 is 0 Å². The summed E-state index contributed by atoms with van der Waals surface area (Å²) >= 11 is 3.24. The number of anilines is 2. The predicted molar refractivity (Wildman–Crippen MR) is 61.8 cm³/mol. The number of nitrogens with two attached hydrogens (primary N) is 1. The van der Waals surface area contributed by atoms with E-state index in [2.05, 4.69) is 45.1 Å². The van der Waals surface area contributed by atoms with Crippen LogP contribution in [0.4, 0.5) is 11.6 Å². The van der Waals surface area contributed by atoms with Crippen LogP contribution in [0.15, 0.2) is 10.8 Å². The van der Waals surface area contributed by atoms with E-state index < -0.39 is 0 Å². The van der Waals surface area contributed by atoms with E-state index in [4.69, 9.17) is 5.73 Å². The number of nitrogen functional groups attached to an aromatic ring is 1. The fourth-order valence-electron chi connectivity index (χ4n) is 1.09. The second kappa shape index (κ2) is 5.14. The van der Waals surface area contributed by atoms with Crippen molar-refractivity contribution in [1.82, 2.24) is 9.97 Å². The highest BCUT2D eigenvalue weighted by Crippen LogP contribution is 2.17. The monoisotopic (exact) mass is 257 g/mol. The number of hydrogen-bond donors (Lipinski definition) is 2. The summed E-state index contributed by atoms with van der Waals surface area (Å²) in [4.78, 5) is 8.17. The molecule has 77 valence electrons. The Kier molecular flexibility index (Phi) is 4.13. The lowest BCUT2D eigenvalue weighted by atomic mass is 10.2. The van der Waals surface area contributed by atoms with Gasteiger partial charge in [0.05, 0.1) is 6.20 Å². The molecule has 14 heavy (non-hydrogen) atoms. The molecule has 0 aliphatic heterocycles. The topological polar surface area (TPSA) is 63.8 Å². The van der Waals surface area contributed by atoms with Crippen molar-refractivity contribution >= 4 is 27.6 Å². The zero-order valence-corrected chi connectivity index (χ0v) is 9.71. The first-order valence-corrected chi connectivity index (χ1v) is 5.26. The van der Waals surface area contributed by atoms with E-state index in [1.165, 1.54) is 0 Å². The van der Waals surface area contributed by atoms with Gasteiger partial charge in [0.1, 0.15) is 4.60 Å². The van der Waals surface area contributed by atoms with E-state index in [-0.39, 0.29) is 0 Å². The summed E-state index contributed by atoms with van der Waals surface area (Å²) < 4.78 is 0.677. The Labute approximate surface area is 92.5 Å². The van der Waals surface area contributed by atoms with Crippen LogP contribution in [-0.4, -0.2) is 16.0 Å². The molecule has 1 aromatic rings. The van der Waals surface area contributed by atoms with Crippen LogP contribution in [0.3, 0.4) is 0 Å². The minimum atomic E-state index is 0.304. The van der Waals surface area contributed by atoms with Crippen molar-refractivity contribution in [3.05, 3.63) is 17.7 Å². The molecule has 3 N–H and O–H groups in total. The second-order valence-electron chi connectivity index (χ2n) is 3.11. The largest absolute Gasteiger partial charge is 0.381 e. The van der Waals surface area contributed by atoms with Crippen molar-refractivity contribution in [2.24, 2.45) is 0 Å². The molecule has 0 fully saturated rings. The average Bonchev–Trinajstić information content (AvgIpc) is 2.12. The van der Waals surface area contributed by atoms with Crippen LogP contribution in [0, 0.1) is 6.92 Å². The van der Waals surface area contributed by atoms with Gasteiger partial charge in [0.2, 0.25) is 0 Å². The first-order valence-electron chi connectivity index (χ1n) is 4.47. The normalized spacial score (nSPS) is 12.5. The standard InChI is InChI=1S/C9H14BrN4/c1-3-4-6(2)13-9-8(11)12-5-7(10)14-9/h5-6H,1,3-4H2,2H3,(H2,11,12)(H,13,14). The van der Waals surface area contributed by atoms with Crippen molar-refractivity contribution < 1.29 is 0 Å². The summed E-state index contributed by atoms with van der Waals surface area (Å²) in [6.45, 7) is 5.85. The van der Waals surface area contributed by atoms with E-state index in [0.29, 0.717) is 22.3 Å². The van der Waals surface area contributed by atoms with Gasteiger partial charge in [-0.05, 0) is 29.3 Å². The summed E-state index contributed by atoms with van der Waals surface area (Å²) in [7, 11) is 0. The van der Waals surface area contributed by atoms with Crippen LogP contribution in [0.2, 0.25) is 0 Å². The summed E-state index contributed by atoms with van der Waals surface area (Å²) in [5, 5.41) is 3.18. The first kappa shape index (κ1) is 11.2. The molecular weight excluding hydrogens is 244 g/mol. The molecule has 0 aliphatic carbocycles. The maximum Gasteiger partial charge on any atom is 0.170 e. The van der Waals surface area contributed by atoms with Crippen molar-refractivity contribution in [3.63, 3.8) is 0 Å². The van der Waals surface area contributed by atoms with E-state index in [0.717, 1.165) is 12.8 Å². The second-order valence-corrected chi connectivity index (χ2v) is 3.93. The quantitative estimate of drug-likeness (QED) is 0.869. The van der Waals surface area contributed by atoms with Crippen LogP contribution in [-0.2, 0) is 0 Å². The fourth-order valence-corrected chi connectivity index (χ4v) is 1.37. The molecule has 0 aliphatic rings. The van der Waals surface area contributed by atoms with Gasteiger partial charge in [-0.1, -0.05) is 13.3 Å².